The molecule has 1 fully saturated rings. The predicted octanol–water partition coefficient (Wildman–Crippen LogP) is 2.79. The quantitative estimate of drug-likeness (QED) is 0.770. The lowest BCUT2D eigenvalue weighted by atomic mass is 9.82. The van der Waals surface area contributed by atoms with Crippen LogP contribution in [0.4, 0.5) is 4.79 Å². The summed E-state index contributed by atoms with van der Waals surface area (Å²) in [5.74, 6) is -0.181. The van der Waals surface area contributed by atoms with Gasteiger partial charge in [0.2, 0.25) is 5.91 Å². The van der Waals surface area contributed by atoms with Gasteiger partial charge in [0.1, 0.15) is 6.61 Å². The maximum Gasteiger partial charge on any atom is 0.416 e. The van der Waals surface area contributed by atoms with E-state index in [4.69, 9.17) is 4.74 Å². The van der Waals surface area contributed by atoms with E-state index in [1.165, 1.54) is 28.2 Å². The van der Waals surface area contributed by atoms with E-state index in [0.29, 0.717) is 13.2 Å². The largest absolute Gasteiger partial charge is 0.447 e. The molecule has 100 valence electrons. The van der Waals surface area contributed by atoms with Gasteiger partial charge in [-0.1, -0.05) is 18.9 Å². The van der Waals surface area contributed by atoms with Crippen molar-refractivity contribution in [3.63, 3.8) is 0 Å². The Morgan fingerprint density at radius 1 is 1.56 bits per heavy atom. The summed E-state index contributed by atoms with van der Waals surface area (Å²) in [5, 5.41) is 0. The minimum Gasteiger partial charge on any atom is -0.447 e. The molecule has 0 saturated carbocycles. The molecule has 0 radical (unpaired) electrons. The molecule has 1 atom stereocenters. The lowest BCUT2D eigenvalue weighted by Gasteiger charge is -2.33. The Kier molecular flexibility index (Phi) is 4.32. The first-order valence-electron chi connectivity index (χ1n) is 6.43. The summed E-state index contributed by atoms with van der Waals surface area (Å²) < 4.78 is 4.81. The summed E-state index contributed by atoms with van der Waals surface area (Å²) >= 11 is 1.65. The third-order valence-corrected chi connectivity index (χ3v) is 4.51. The van der Waals surface area contributed by atoms with Gasteiger partial charge >= 0.3 is 6.09 Å². The number of thioether (sulfide) groups is 1. The number of ether oxygens (including phenoxy) is 1. The molecule has 2 rings (SSSR count). The summed E-state index contributed by atoms with van der Waals surface area (Å²) in [6, 6.07) is 0. The summed E-state index contributed by atoms with van der Waals surface area (Å²) in [5.41, 5.74) is 1.40. The molecule has 1 saturated heterocycles. The van der Waals surface area contributed by atoms with Gasteiger partial charge in [0.05, 0.1) is 12.5 Å². The molecule has 1 aliphatic carbocycles. The highest BCUT2D eigenvalue weighted by Crippen LogP contribution is 2.44. The van der Waals surface area contributed by atoms with E-state index in [-0.39, 0.29) is 11.8 Å². The molecule has 2 aliphatic rings. The lowest BCUT2D eigenvalue weighted by molar-refractivity contribution is -0.131. The molecular formula is C13H19NO3S. The fourth-order valence-electron chi connectivity index (χ4n) is 2.44. The number of rotatable bonds is 5. The zero-order valence-corrected chi connectivity index (χ0v) is 11.7. The number of carbonyl (C=O) groups is 2. The Morgan fingerprint density at radius 2 is 2.33 bits per heavy atom. The number of allylic oxidation sites excluding steroid dienone is 1. The smallest absolute Gasteiger partial charge is 0.416 e. The van der Waals surface area contributed by atoms with Crippen molar-refractivity contribution >= 4 is 23.8 Å². The van der Waals surface area contributed by atoms with Crippen LogP contribution < -0.4 is 0 Å². The SMILES string of the molecule is CCCCC1=C(SC)C(C(=O)N2CCOC2=O)C1. The van der Waals surface area contributed by atoms with Crippen molar-refractivity contribution in [3.8, 4) is 0 Å². The number of hydrogen-bond donors (Lipinski definition) is 0. The standard InChI is InChI=1S/C13H19NO3S/c1-3-4-5-9-8-10(11(9)18-2)12(15)14-6-7-17-13(14)16/h10H,3-8H2,1-2H3. The van der Waals surface area contributed by atoms with Crippen molar-refractivity contribution < 1.29 is 14.3 Å². The summed E-state index contributed by atoms with van der Waals surface area (Å²) in [7, 11) is 0. The van der Waals surface area contributed by atoms with E-state index in [1.54, 1.807) is 11.8 Å². The average molecular weight is 269 g/mol. The van der Waals surface area contributed by atoms with Crippen LogP contribution in [-0.4, -0.2) is 36.3 Å². The molecule has 0 aromatic rings. The van der Waals surface area contributed by atoms with Crippen molar-refractivity contribution in [2.45, 2.75) is 32.6 Å². The maximum absolute atomic E-state index is 12.2. The molecule has 1 unspecified atom stereocenters. The highest BCUT2D eigenvalue weighted by Gasteiger charge is 2.40. The van der Waals surface area contributed by atoms with Crippen LogP contribution in [0.15, 0.2) is 10.5 Å². The summed E-state index contributed by atoms with van der Waals surface area (Å²) in [6.07, 6.45) is 5.76. The second kappa shape index (κ2) is 5.78. The van der Waals surface area contributed by atoms with Crippen LogP contribution in [0.3, 0.4) is 0 Å². The third-order valence-electron chi connectivity index (χ3n) is 3.49. The topological polar surface area (TPSA) is 46.6 Å². The van der Waals surface area contributed by atoms with Crippen LogP contribution in [0.2, 0.25) is 0 Å². The molecule has 5 heteroatoms. The maximum atomic E-state index is 12.2. The number of amides is 2. The molecule has 2 amide bonds. The molecule has 0 aromatic heterocycles. The van der Waals surface area contributed by atoms with E-state index in [2.05, 4.69) is 6.92 Å². The fourth-order valence-corrected chi connectivity index (χ4v) is 3.38. The Bertz CT molecular complexity index is 392. The third kappa shape index (κ3) is 2.41. The first-order chi connectivity index (χ1) is 8.69. The highest BCUT2D eigenvalue weighted by atomic mass is 32.2. The van der Waals surface area contributed by atoms with Crippen molar-refractivity contribution in [1.29, 1.82) is 0 Å². The number of nitrogens with zero attached hydrogens (tertiary/aromatic N) is 1. The minimum absolute atomic E-state index is 0.0814. The lowest BCUT2D eigenvalue weighted by Crippen LogP contribution is -2.40. The molecule has 0 spiro atoms. The zero-order valence-electron chi connectivity index (χ0n) is 10.9. The Hall–Kier alpha value is -0.970. The zero-order chi connectivity index (χ0) is 13.1. The molecular weight excluding hydrogens is 250 g/mol. The van der Waals surface area contributed by atoms with Gasteiger partial charge in [-0.15, -0.1) is 11.8 Å². The van der Waals surface area contributed by atoms with Gasteiger partial charge < -0.3 is 4.74 Å². The van der Waals surface area contributed by atoms with Gasteiger partial charge in [0.25, 0.3) is 0 Å². The first kappa shape index (κ1) is 13.5. The van der Waals surface area contributed by atoms with Crippen LogP contribution in [-0.2, 0) is 9.53 Å². The van der Waals surface area contributed by atoms with Crippen molar-refractivity contribution in [3.05, 3.63) is 10.5 Å². The number of unbranched alkanes of at least 4 members (excludes halogenated alkanes) is 1. The van der Waals surface area contributed by atoms with E-state index in [0.717, 1.165) is 12.8 Å². The molecule has 18 heavy (non-hydrogen) atoms. The van der Waals surface area contributed by atoms with Crippen molar-refractivity contribution in [1.82, 2.24) is 4.90 Å². The van der Waals surface area contributed by atoms with Gasteiger partial charge in [-0.3, -0.25) is 4.79 Å². The van der Waals surface area contributed by atoms with E-state index < -0.39 is 6.09 Å². The van der Waals surface area contributed by atoms with Crippen LogP contribution in [0.25, 0.3) is 0 Å². The Labute approximate surface area is 112 Å². The Morgan fingerprint density at radius 3 is 2.89 bits per heavy atom. The molecule has 0 bridgehead atoms. The predicted molar refractivity (Wildman–Crippen MR) is 71.2 cm³/mol. The van der Waals surface area contributed by atoms with E-state index >= 15 is 0 Å². The summed E-state index contributed by atoms with van der Waals surface area (Å²) in [6.45, 7) is 2.90. The van der Waals surface area contributed by atoms with Gasteiger partial charge in [-0.05, 0) is 30.4 Å². The van der Waals surface area contributed by atoms with Crippen molar-refractivity contribution in [2.24, 2.45) is 5.92 Å². The number of imide groups is 1. The van der Waals surface area contributed by atoms with Gasteiger partial charge in [0, 0.05) is 0 Å². The van der Waals surface area contributed by atoms with Crippen LogP contribution in [0.5, 0.6) is 0 Å². The number of cyclic esters (lactones) is 1. The molecule has 4 nitrogen and oxygen atoms in total. The molecule has 1 aliphatic heterocycles. The van der Waals surface area contributed by atoms with Gasteiger partial charge in [0.15, 0.2) is 0 Å². The Balaban J connectivity index is 2.01. The monoisotopic (exact) mass is 269 g/mol. The van der Waals surface area contributed by atoms with Gasteiger partial charge in [-0.25, -0.2) is 9.69 Å². The van der Waals surface area contributed by atoms with Crippen LogP contribution in [0.1, 0.15) is 32.6 Å². The second-order valence-corrected chi connectivity index (χ2v) is 5.48. The second-order valence-electron chi connectivity index (χ2n) is 4.64. The molecule has 0 aromatic carbocycles. The first-order valence-corrected chi connectivity index (χ1v) is 7.65. The van der Waals surface area contributed by atoms with Crippen molar-refractivity contribution in [2.75, 3.05) is 19.4 Å². The van der Waals surface area contributed by atoms with E-state index in [1.807, 2.05) is 6.26 Å². The number of carbonyl (C=O) groups excluding carboxylic acids is 2. The molecule has 1 heterocycles. The fraction of sp³-hybridized carbons (Fsp3) is 0.692. The number of hydrogen-bond acceptors (Lipinski definition) is 4. The van der Waals surface area contributed by atoms with Crippen LogP contribution >= 0.6 is 11.8 Å². The summed E-state index contributed by atoms with van der Waals surface area (Å²) in [4.78, 5) is 26.0. The highest BCUT2D eigenvalue weighted by molar-refractivity contribution is 8.02. The van der Waals surface area contributed by atoms with E-state index in [9.17, 15) is 9.59 Å². The normalized spacial score (nSPS) is 23.1. The van der Waals surface area contributed by atoms with Gasteiger partial charge in [-0.2, -0.15) is 0 Å². The molecule has 0 N–H and O–H groups in total. The van der Waals surface area contributed by atoms with Crippen LogP contribution in [0, 0.1) is 5.92 Å². The minimum atomic E-state index is -0.484. The average Bonchev–Trinajstić information content (AvgIpc) is 2.74.